The number of methoxy groups -OCH3 is 1. The predicted molar refractivity (Wildman–Crippen MR) is 68.3 cm³/mol. The van der Waals surface area contributed by atoms with Crippen molar-refractivity contribution in [1.82, 2.24) is 0 Å². The molecule has 0 bridgehead atoms. The minimum Gasteiger partial charge on any atom is -0.496 e. The minimum atomic E-state index is -0.117. The molecule has 2 rings (SSSR count). The molecule has 1 aliphatic rings. The van der Waals surface area contributed by atoms with Crippen molar-refractivity contribution in [3.8, 4) is 5.75 Å². The van der Waals surface area contributed by atoms with E-state index in [4.69, 9.17) is 9.47 Å². The molecule has 4 heteroatoms. The van der Waals surface area contributed by atoms with Crippen LogP contribution in [0.1, 0.15) is 23.2 Å². The number of hydrogen-bond acceptors (Lipinski definition) is 3. The lowest BCUT2D eigenvalue weighted by Crippen LogP contribution is -2.12. The topological polar surface area (TPSA) is 35.5 Å². The molecule has 0 unspecified atom stereocenters. The normalized spacial score (nSPS) is 14.8. The Morgan fingerprint density at radius 3 is 2.94 bits per heavy atom. The first-order chi connectivity index (χ1) is 8.22. The van der Waals surface area contributed by atoms with Gasteiger partial charge < -0.3 is 9.47 Å². The van der Waals surface area contributed by atoms with Crippen molar-refractivity contribution in [2.75, 3.05) is 13.7 Å². The molecule has 0 radical (unpaired) electrons. The zero-order valence-electron chi connectivity index (χ0n) is 9.53. The number of ether oxygens (including phenoxy) is 2. The second-order valence-electron chi connectivity index (χ2n) is 3.73. The van der Waals surface area contributed by atoms with Crippen molar-refractivity contribution in [3.05, 3.63) is 40.1 Å². The van der Waals surface area contributed by atoms with Crippen LogP contribution < -0.4 is 4.74 Å². The lowest BCUT2D eigenvalue weighted by Gasteiger charge is -2.15. The zero-order chi connectivity index (χ0) is 12.3. The van der Waals surface area contributed by atoms with Crippen molar-refractivity contribution in [2.45, 2.75) is 12.8 Å². The van der Waals surface area contributed by atoms with Gasteiger partial charge in [0.05, 0.1) is 19.3 Å². The highest BCUT2D eigenvalue weighted by Crippen LogP contribution is 2.26. The molecule has 0 N–H and O–H groups in total. The molecule has 0 aromatic heterocycles. The van der Waals surface area contributed by atoms with Gasteiger partial charge >= 0.3 is 0 Å². The fraction of sp³-hybridized carbons (Fsp3) is 0.308. The van der Waals surface area contributed by atoms with E-state index in [0.717, 1.165) is 17.3 Å². The molecule has 1 heterocycles. The highest BCUT2D eigenvalue weighted by atomic mass is 79.9. The van der Waals surface area contributed by atoms with Gasteiger partial charge in [-0.2, -0.15) is 0 Å². The van der Waals surface area contributed by atoms with E-state index in [0.29, 0.717) is 23.7 Å². The Hall–Kier alpha value is -1.29. The van der Waals surface area contributed by atoms with Crippen LogP contribution in [0.3, 0.4) is 0 Å². The van der Waals surface area contributed by atoms with Crippen LogP contribution in [0.4, 0.5) is 0 Å². The van der Waals surface area contributed by atoms with Crippen molar-refractivity contribution in [2.24, 2.45) is 0 Å². The molecular weight excluding hydrogens is 284 g/mol. The van der Waals surface area contributed by atoms with E-state index in [1.165, 1.54) is 0 Å². The third-order valence-electron chi connectivity index (χ3n) is 2.57. The van der Waals surface area contributed by atoms with Crippen LogP contribution in [0, 0.1) is 0 Å². The first-order valence-corrected chi connectivity index (χ1v) is 6.23. The second kappa shape index (κ2) is 5.36. The monoisotopic (exact) mass is 296 g/mol. The fourth-order valence-electron chi connectivity index (χ4n) is 1.70. The number of carbonyl (C=O) groups excluding carboxylic acids is 1. The van der Waals surface area contributed by atoms with Crippen molar-refractivity contribution in [1.29, 1.82) is 0 Å². The Morgan fingerprint density at radius 2 is 2.29 bits per heavy atom. The molecule has 0 aliphatic carbocycles. The number of ketones is 1. The Morgan fingerprint density at radius 1 is 1.47 bits per heavy atom. The molecule has 0 amide bonds. The summed E-state index contributed by atoms with van der Waals surface area (Å²) in [6, 6.07) is 5.33. The maximum Gasteiger partial charge on any atom is 0.230 e. The first-order valence-electron chi connectivity index (χ1n) is 5.43. The van der Waals surface area contributed by atoms with E-state index in [2.05, 4.69) is 15.9 Å². The summed E-state index contributed by atoms with van der Waals surface area (Å²) in [5.74, 6) is 0.866. The standard InChI is InChI=1S/C13H13BrO3/c1-16-12-8-9(14)5-6-10(12)13(15)11-4-2-3-7-17-11/h4-6,8H,2-3,7H2,1H3. The van der Waals surface area contributed by atoms with Crippen LogP contribution in [-0.4, -0.2) is 19.5 Å². The van der Waals surface area contributed by atoms with Gasteiger partial charge in [0, 0.05) is 4.47 Å². The molecule has 0 saturated heterocycles. The summed E-state index contributed by atoms with van der Waals surface area (Å²) in [6.07, 6.45) is 3.70. The van der Waals surface area contributed by atoms with Gasteiger partial charge in [-0.15, -0.1) is 0 Å². The maximum absolute atomic E-state index is 12.2. The molecule has 0 spiro atoms. The Kier molecular flexibility index (Phi) is 3.84. The van der Waals surface area contributed by atoms with Gasteiger partial charge in [0.15, 0.2) is 5.76 Å². The lowest BCUT2D eigenvalue weighted by molar-refractivity contribution is 0.0896. The Balaban J connectivity index is 2.33. The third-order valence-corrected chi connectivity index (χ3v) is 3.06. The molecule has 3 nitrogen and oxygen atoms in total. The quantitative estimate of drug-likeness (QED) is 0.803. The van der Waals surface area contributed by atoms with Gasteiger partial charge in [0.25, 0.3) is 0 Å². The zero-order valence-corrected chi connectivity index (χ0v) is 11.1. The highest BCUT2D eigenvalue weighted by molar-refractivity contribution is 9.10. The fourth-order valence-corrected chi connectivity index (χ4v) is 2.04. The van der Waals surface area contributed by atoms with Gasteiger partial charge in [-0.3, -0.25) is 4.79 Å². The van der Waals surface area contributed by atoms with E-state index >= 15 is 0 Å². The van der Waals surface area contributed by atoms with Gasteiger partial charge in [0.1, 0.15) is 5.75 Å². The number of allylic oxidation sites excluding steroid dienone is 2. The molecule has 1 aliphatic heterocycles. The molecule has 90 valence electrons. The van der Waals surface area contributed by atoms with E-state index in [1.807, 2.05) is 12.1 Å². The maximum atomic E-state index is 12.2. The first kappa shape index (κ1) is 12.2. The van der Waals surface area contributed by atoms with Crippen LogP contribution >= 0.6 is 15.9 Å². The van der Waals surface area contributed by atoms with Gasteiger partial charge in [0.2, 0.25) is 5.78 Å². The summed E-state index contributed by atoms with van der Waals surface area (Å²) in [5.41, 5.74) is 0.531. The smallest absolute Gasteiger partial charge is 0.230 e. The van der Waals surface area contributed by atoms with E-state index in [1.54, 1.807) is 19.2 Å². The van der Waals surface area contributed by atoms with Gasteiger partial charge in [-0.1, -0.05) is 15.9 Å². The van der Waals surface area contributed by atoms with E-state index < -0.39 is 0 Å². The van der Waals surface area contributed by atoms with Crippen LogP contribution in [0.15, 0.2) is 34.5 Å². The van der Waals surface area contributed by atoms with E-state index in [9.17, 15) is 4.79 Å². The second-order valence-corrected chi connectivity index (χ2v) is 4.65. The summed E-state index contributed by atoms with van der Waals surface area (Å²) in [5, 5.41) is 0. The van der Waals surface area contributed by atoms with E-state index in [-0.39, 0.29) is 5.78 Å². The molecular formula is C13H13BrO3. The molecule has 1 aromatic rings. The molecule has 0 saturated carbocycles. The average Bonchev–Trinajstić information content (AvgIpc) is 2.39. The van der Waals surface area contributed by atoms with Crippen molar-refractivity contribution in [3.63, 3.8) is 0 Å². The SMILES string of the molecule is COc1cc(Br)ccc1C(=O)C1=CCCCO1. The number of halogens is 1. The summed E-state index contributed by atoms with van der Waals surface area (Å²) in [7, 11) is 1.55. The predicted octanol–water partition coefficient (Wildman–Crippen LogP) is 3.33. The molecule has 17 heavy (non-hydrogen) atoms. The van der Waals surface area contributed by atoms with Crippen LogP contribution in [0.25, 0.3) is 0 Å². The van der Waals surface area contributed by atoms with Crippen LogP contribution in [0.2, 0.25) is 0 Å². The van der Waals surface area contributed by atoms with Gasteiger partial charge in [-0.25, -0.2) is 0 Å². The number of rotatable bonds is 3. The van der Waals surface area contributed by atoms with Crippen LogP contribution in [-0.2, 0) is 4.74 Å². The summed E-state index contributed by atoms with van der Waals surface area (Å²) in [4.78, 5) is 12.2. The molecule has 0 atom stereocenters. The highest BCUT2D eigenvalue weighted by Gasteiger charge is 2.19. The number of Topliss-reactive ketones (excluding diaryl/α,β-unsaturated/α-hetero) is 1. The third kappa shape index (κ3) is 2.69. The number of carbonyl (C=O) groups is 1. The Labute approximate surface area is 109 Å². The molecule has 1 aromatic carbocycles. The summed E-state index contributed by atoms with van der Waals surface area (Å²) in [6.45, 7) is 0.608. The summed E-state index contributed by atoms with van der Waals surface area (Å²) >= 11 is 3.35. The van der Waals surface area contributed by atoms with Crippen molar-refractivity contribution < 1.29 is 14.3 Å². The number of hydrogen-bond donors (Lipinski definition) is 0. The summed E-state index contributed by atoms with van der Waals surface area (Å²) < 4.78 is 11.5. The minimum absolute atomic E-state index is 0.117. The lowest BCUT2D eigenvalue weighted by atomic mass is 10.1. The molecule has 0 fully saturated rings. The largest absolute Gasteiger partial charge is 0.496 e. The number of benzene rings is 1. The van der Waals surface area contributed by atoms with Crippen LogP contribution in [0.5, 0.6) is 5.75 Å². The van der Waals surface area contributed by atoms with Gasteiger partial charge in [-0.05, 0) is 37.1 Å². The average molecular weight is 297 g/mol. The van der Waals surface area contributed by atoms with Crippen molar-refractivity contribution >= 4 is 21.7 Å². The Bertz CT molecular complexity index is 466.